The molecule has 1 fully saturated rings. The van der Waals surface area contributed by atoms with E-state index in [-0.39, 0.29) is 0 Å². The highest BCUT2D eigenvalue weighted by Gasteiger charge is 2.15. The van der Waals surface area contributed by atoms with Gasteiger partial charge in [-0.05, 0) is 42.8 Å². The van der Waals surface area contributed by atoms with Gasteiger partial charge in [0.05, 0.1) is 0 Å². The van der Waals surface area contributed by atoms with Gasteiger partial charge >= 0.3 is 0 Å². The van der Waals surface area contributed by atoms with E-state index in [1.165, 1.54) is 44.7 Å². The molecule has 0 aromatic heterocycles. The minimum absolute atomic E-state index is 0.821. The zero-order chi connectivity index (χ0) is 13.5. The van der Waals surface area contributed by atoms with Crippen LogP contribution < -0.4 is 0 Å². The van der Waals surface area contributed by atoms with E-state index in [0.717, 1.165) is 23.7 Å². The van der Waals surface area contributed by atoms with Crippen LogP contribution in [0.2, 0.25) is 5.02 Å². The van der Waals surface area contributed by atoms with Gasteiger partial charge in [0.1, 0.15) is 0 Å². The Morgan fingerprint density at radius 1 is 0.947 bits per heavy atom. The molecular formula is C15H23ClN2S. The van der Waals surface area contributed by atoms with Crippen molar-refractivity contribution in [2.75, 3.05) is 45.0 Å². The van der Waals surface area contributed by atoms with Crippen molar-refractivity contribution in [3.05, 3.63) is 34.9 Å². The number of nitrogens with zero attached hydrogens (tertiary/aromatic N) is 2. The first kappa shape index (κ1) is 15.2. The molecule has 1 aromatic carbocycles. The van der Waals surface area contributed by atoms with Gasteiger partial charge in [-0.1, -0.05) is 23.7 Å². The van der Waals surface area contributed by atoms with Crippen LogP contribution in [0.3, 0.4) is 0 Å². The summed E-state index contributed by atoms with van der Waals surface area (Å²) in [6, 6.07) is 8.22. The van der Waals surface area contributed by atoms with E-state index >= 15 is 0 Å². The standard InChI is InChI=1S/C15H23ClN2S/c16-15-4-2-14(3-5-15)6-8-18-11-9-17(10-12-18)7-1-13-19/h2-5,19H,1,6-13H2. The maximum absolute atomic E-state index is 5.90. The Labute approximate surface area is 127 Å². The van der Waals surface area contributed by atoms with Gasteiger partial charge in [0.25, 0.3) is 0 Å². The van der Waals surface area contributed by atoms with Crippen LogP contribution >= 0.6 is 24.2 Å². The molecule has 1 saturated heterocycles. The summed E-state index contributed by atoms with van der Waals surface area (Å²) in [6.07, 6.45) is 2.32. The zero-order valence-corrected chi connectivity index (χ0v) is 13.0. The second kappa shape index (κ2) is 8.15. The smallest absolute Gasteiger partial charge is 0.0406 e. The third-order valence-electron chi connectivity index (χ3n) is 3.73. The first-order valence-corrected chi connectivity index (χ1v) is 8.09. The minimum atomic E-state index is 0.821. The molecule has 0 N–H and O–H groups in total. The van der Waals surface area contributed by atoms with Gasteiger partial charge in [0.15, 0.2) is 0 Å². The predicted molar refractivity (Wildman–Crippen MR) is 86.5 cm³/mol. The van der Waals surface area contributed by atoms with Gasteiger partial charge in [-0.15, -0.1) is 0 Å². The number of hydrogen-bond acceptors (Lipinski definition) is 3. The van der Waals surface area contributed by atoms with E-state index in [1.807, 2.05) is 12.1 Å². The van der Waals surface area contributed by atoms with Gasteiger partial charge in [0, 0.05) is 37.7 Å². The van der Waals surface area contributed by atoms with E-state index in [9.17, 15) is 0 Å². The monoisotopic (exact) mass is 298 g/mol. The van der Waals surface area contributed by atoms with Crippen molar-refractivity contribution < 1.29 is 0 Å². The molecule has 4 heteroatoms. The van der Waals surface area contributed by atoms with E-state index in [4.69, 9.17) is 11.6 Å². The largest absolute Gasteiger partial charge is 0.301 e. The first-order valence-electron chi connectivity index (χ1n) is 7.08. The second-order valence-corrected chi connectivity index (χ2v) is 6.02. The molecule has 1 aliphatic heterocycles. The van der Waals surface area contributed by atoms with Crippen molar-refractivity contribution in [1.82, 2.24) is 9.80 Å². The zero-order valence-electron chi connectivity index (χ0n) is 11.4. The van der Waals surface area contributed by atoms with Crippen molar-refractivity contribution in [1.29, 1.82) is 0 Å². The maximum Gasteiger partial charge on any atom is 0.0406 e. The third-order valence-corrected chi connectivity index (χ3v) is 4.30. The van der Waals surface area contributed by atoms with Crippen molar-refractivity contribution in [2.24, 2.45) is 0 Å². The van der Waals surface area contributed by atoms with Crippen LogP contribution in [0.4, 0.5) is 0 Å². The summed E-state index contributed by atoms with van der Waals surface area (Å²) >= 11 is 10.2. The van der Waals surface area contributed by atoms with Crippen LogP contribution in [0, 0.1) is 0 Å². The molecule has 2 rings (SSSR count). The summed E-state index contributed by atoms with van der Waals surface area (Å²) in [5, 5.41) is 0.821. The van der Waals surface area contributed by atoms with E-state index < -0.39 is 0 Å². The third kappa shape index (κ3) is 5.35. The number of thiol groups is 1. The molecule has 0 radical (unpaired) electrons. The number of halogens is 1. The highest BCUT2D eigenvalue weighted by Crippen LogP contribution is 2.11. The molecule has 1 heterocycles. The lowest BCUT2D eigenvalue weighted by Gasteiger charge is -2.34. The van der Waals surface area contributed by atoms with Crippen LogP contribution in [-0.4, -0.2) is 54.8 Å². The minimum Gasteiger partial charge on any atom is -0.301 e. The lowest BCUT2D eigenvalue weighted by molar-refractivity contribution is 0.134. The van der Waals surface area contributed by atoms with E-state index in [0.29, 0.717) is 0 Å². The number of rotatable bonds is 6. The van der Waals surface area contributed by atoms with Crippen LogP contribution in [0.1, 0.15) is 12.0 Å². The Hall–Kier alpha value is -0.220. The maximum atomic E-state index is 5.90. The fourth-order valence-electron chi connectivity index (χ4n) is 2.47. The lowest BCUT2D eigenvalue weighted by Crippen LogP contribution is -2.47. The quantitative estimate of drug-likeness (QED) is 0.807. The molecule has 0 bridgehead atoms. The summed E-state index contributed by atoms with van der Waals surface area (Å²) in [5.41, 5.74) is 1.38. The lowest BCUT2D eigenvalue weighted by atomic mass is 10.1. The van der Waals surface area contributed by atoms with Crippen molar-refractivity contribution in [2.45, 2.75) is 12.8 Å². The highest BCUT2D eigenvalue weighted by molar-refractivity contribution is 7.80. The Morgan fingerprint density at radius 2 is 1.53 bits per heavy atom. The van der Waals surface area contributed by atoms with Gasteiger partial charge in [-0.3, -0.25) is 0 Å². The fraction of sp³-hybridized carbons (Fsp3) is 0.600. The van der Waals surface area contributed by atoms with Crippen molar-refractivity contribution in [3.8, 4) is 0 Å². The topological polar surface area (TPSA) is 6.48 Å². The second-order valence-electron chi connectivity index (χ2n) is 5.14. The van der Waals surface area contributed by atoms with Crippen LogP contribution in [0.25, 0.3) is 0 Å². The average molecular weight is 299 g/mol. The van der Waals surface area contributed by atoms with Gasteiger partial charge < -0.3 is 9.80 Å². The molecule has 0 saturated carbocycles. The SMILES string of the molecule is SCCCN1CCN(CCc2ccc(Cl)cc2)CC1. The molecule has 0 spiro atoms. The van der Waals surface area contributed by atoms with Crippen molar-refractivity contribution >= 4 is 24.2 Å². The number of piperazine rings is 1. The average Bonchev–Trinajstić information content (AvgIpc) is 2.46. The summed E-state index contributed by atoms with van der Waals surface area (Å²) in [5.74, 6) is 0.997. The molecule has 1 aromatic rings. The molecule has 0 amide bonds. The Balaban J connectivity index is 1.67. The van der Waals surface area contributed by atoms with Crippen molar-refractivity contribution in [3.63, 3.8) is 0 Å². The number of hydrogen-bond donors (Lipinski definition) is 1. The Bertz CT molecular complexity index is 361. The Kier molecular flexibility index (Phi) is 6.51. The summed E-state index contributed by atoms with van der Waals surface area (Å²) < 4.78 is 0. The summed E-state index contributed by atoms with van der Waals surface area (Å²) in [7, 11) is 0. The number of benzene rings is 1. The fourth-order valence-corrected chi connectivity index (χ4v) is 2.74. The van der Waals surface area contributed by atoms with Crippen LogP contribution in [-0.2, 0) is 6.42 Å². The summed E-state index contributed by atoms with van der Waals surface area (Å²) in [6.45, 7) is 7.15. The highest BCUT2D eigenvalue weighted by atomic mass is 35.5. The predicted octanol–water partition coefficient (Wildman–Crippen LogP) is 2.82. The Morgan fingerprint density at radius 3 is 2.11 bits per heavy atom. The molecule has 106 valence electrons. The van der Waals surface area contributed by atoms with Crippen LogP contribution in [0.5, 0.6) is 0 Å². The molecule has 2 nitrogen and oxygen atoms in total. The van der Waals surface area contributed by atoms with Gasteiger partial charge in [-0.2, -0.15) is 12.6 Å². The molecule has 0 aliphatic carbocycles. The van der Waals surface area contributed by atoms with Crippen LogP contribution in [0.15, 0.2) is 24.3 Å². The summed E-state index contributed by atoms with van der Waals surface area (Å²) in [4.78, 5) is 5.11. The normalized spacial score (nSPS) is 17.8. The molecule has 19 heavy (non-hydrogen) atoms. The molecule has 1 aliphatic rings. The molecule has 0 atom stereocenters. The molecular weight excluding hydrogens is 276 g/mol. The first-order chi connectivity index (χ1) is 9.28. The van der Waals surface area contributed by atoms with Gasteiger partial charge in [-0.25, -0.2) is 0 Å². The van der Waals surface area contributed by atoms with E-state index in [2.05, 4.69) is 34.6 Å². The van der Waals surface area contributed by atoms with Gasteiger partial charge in [0.2, 0.25) is 0 Å². The van der Waals surface area contributed by atoms with E-state index in [1.54, 1.807) is 0 Å². The molecule has 0 unspecified atom stereocenters.